The summed E-state index contributed by atoms with van der Waals surface area (Å²) >= 11 is 0. The van der Waals surface area contributed by atoms with Gasteiger partial charge in [-0.1, -0.05) is 134 Å². The van der Waals surface area contributed by atoms with Gasteiger partial charge >= 0.3 is 28.5 Å². The molecule has 4 heterocycles. The molecule has 24 heteroatoms. The van der Waals surface area contributed by atoms with E-state index in [-0.39, 0.29) is 23.6 Å². The van der Waals surface area contributed by atoms with Crippen molar-refractivity contribution in [3.05, 3.63) is 265 Å². The summed E-state index contributed by atoms with van der Waals surface area (Å²) in [6.45, 7) is 20.4. The van der Waals surface area contributed by atoms with Crippen LogP contribution in [0.3, 0.4) is 0 Å². The van der Waals surface area contributed by atoms with E-state index in [2.05, 4.69) is 151 Å². The Kier molecular flexibility index (Phi) is 36.4. The lowest BCUT2D eigenvalue weighted by molar-refractivity contribution is -0.689. The Labute approximate surface area is 542 Å². The molecule has 20 nitrogen and oxygen atoms in total. The summed E-state index contributed by atoms with van der Waals surface area (Å²) in [5.74, 6) is -0.627. The first-order chi connectivity index (χ1) is 43.9. The first-order valence-electron chi connectivity index (χ1n) is 30.0. The third-order valence-electron chi connectivity index (χ3n) is 12.2. The Bertz CT molecular complexity index is 3250. The van der Waals surface area contributed by atoms with Gasteiger partial charge in [-0.15, -0.1) is 0 Å². The van der Waals surface area contributed by atoms with E-state index in [1.807, 2.05) is 109 Å². The average Bonchev–Trinajstić information content (AvgIpc) is 0.916. The van der Waals surface area contributed by atoms with Gasteiger partial charge in [-0.3, -0.25) is 19.2 Å². The zero-order valence-electron chi connectivity index (χ0n) is 53.4. The van der Waals surface area contributed by atoms with E-state index in [1.54, 1.807) is 13.8 Å². The molecule has 4 aromatic carbocycles. The minimum absolute atomic E-state index is 0.145. The zero-order chi connectivity index (χ0) is 67.8. The molecule has 0 atom stereocenters. The van der Waals surface area contributed by atoms with Crippen LogP contribution in [0.25, 0.3) is 22.3 Å². The van der Waals surface area contributed by atoms with Gasteiger partial charge in [0.15, 0.2) is 75.8 Å². The summed E-state index contributed by atoms with van der Waals surface area (Å²) in [6.07, 6.45) is 17.5. The van der Waals surface area contributed by atoms with Gasteiger partial charge in [-0.05, 0) is 78.2 Å². The van der Waals surface area contributed by atoms with E-state index in [0.29, 0.717) is 74.4 Å². The molecule has 0 radical (unpaired) electrons. The highest BCUT2D eigenvalue weighted by molar-refractivity contribution is 6.39. The molecule has 8 aromatic rings. The Hall–Kier alpha value is -9.22. The normalized spacial score (nSPS) is 9.89. The smallest absolute Gasteiger partial charge is 0.427 e. The molecule has 4 aromatic heterocycles. The second-order valence-corrected chi connectivity index (χ2v) is 21.3. The molecular formula is C68H88B4N8O12+4. The van der Waals surface area contributed by atoms with Crippen molar-refractivity contribution in [2.45, 2.75) is 80.2 Å². The Morgan fingerprint density at radius 1 is 0.359 bits per heavy atom. The highest BCUT2D eigenvalue weighted by Gasteiger charge is 2.20. The number of amides is 4. The molecule has 480 valence electrons. The molecule has 8 rings (SSSR count). The number of benzene rings is 4. The van der Waals surface area contributed by atoms with E-state index in [1.165, 1.54) is 38.4 Å². The van der Waals surface area contributed by atoms with Crippen LogP contribution >= 0.6 is 0 Å². The SMILES string of the molecule is C=C(C)C(=O)NCCCNC(=O)c1cc(-c2ccc[n+](Cc3ccccc3)c2)c[n+](Cc2ccccc2)c1.C=C(C)C(=O)NCCCNC(=O)c1cc(-c2ccc[n+](Cc3ccccc3)c2)c[n+](Cc2ccccc2)c1.CB(O)O.CB(O)O.CB(O)O.CB(O)O. The van der Waals surface area contributed by atoms with E-state index in [0.717, 1.165) is 46.5 Å². The van der Waals surface area contributed by atoms with Crippen LogP contribution in [-0.4, -0.2) is 118 Å². The quantitative estimate of drug-likeness (QED) is 0.0198. The zero-order valence-corrected chi connectivity index (χ0v) is 53.4. The van der Waals surface area contributed by atoms with Crippen molar-refractivity contribution < 1.29 is 77.6 Å². The van der Waals surface area contributed by atoms with Gasteiger partial charge in [0.2, 0.25) is 11.8 Å². The molecular weight excluding hydrogens is 1160 g/mol. The number of pyridine rings is 4. The van der Waals surface area contributed by atoms with E-state index >= 15 is 0 Å². The van der Waals surface area contributed by atoms with Crippen molar-refractivity contribution in [3.63, 3.8) is 0 Å². The van der Waals surface area contributed by atoms with Gasteiger partial charge in [0.05, 0.1) is 22.3 Å². The molecule has 0 bridgehead atoms. The van der Waals surface area contributed by atoms with Gasteiger partial charge < -0.3 is 61.5 Å². The fourth-order valence-corrected chi connectivity index (χ4v) is 8.27. The Morgan fingerprint density at radius 2 is 0.609 bits per heavy atom. The van der Waals surface area contributed by atoms with Crippen molar-refractivity contribution >= 4 is 52.1 Å². The van der Waals surface area contributed by atoms with Crippen LogP contribution in [0.5, 0.6) is 0 Å². The number of nitrogens with zero attached hydrogens (tertiary/aromatic N) is 4. The first-order valence-corrected chi connectivity index (χ1v) is 30.0. The second-order valence-electron chi connectivity index (χ2n) is 21.3. The fourth-order valence-electron chi connectivity index (χ4n) is 8.27. The summed E-state index contributed by atoms with van der Waals surface area (Å²) < 4.78 is 8.42. The number of hydrogen-bond donors (Lipinski definition) is 12. The molecule has 0 aliphatic rings. The number of nitrogens with one attached hydrogen (secondary N) is 4. The molecule has 92 heavy (non-hydrogen) atoms. The number of carbonyl (C=O) groups is 4. The molecule has 0 aliphatic carbocycles. The second kappa shape index (κ2) is 43.5. The van der Waals surface area contributed by atoms with Gasteiger partial charge in [0.25, 0.3) is 11.8 Å². The monoisotopic (exact) mass is 1250 g/mol. The van der Waals surface area contributed by atoms with Gasteiger partial charge in [0, 0.05) is 71.7 Å². The number of carbonyl (C=O) groups excluding carboxylic acids is 4. The van der Waals surface area contributed by atoms with E-state index in [9.17, 15) is 19.2 Å². The molecule has 0 fully saturated rings. The predicted molar refractivity (Wildman–Crippen MR) is 360 cm³/mol. The van der Waals surface area contributed by atoms with Crippen LogP contribution in [0.1, 0.15) is 69.7 Å². The number of rotatable bonds is 22. The summed E-state index contributed by atoms with van der Waals surface area (Å²) in [5, 5.41) is 72.4. The Morgan fingerprint density at radius 3 is 0.880 bits per heavy atom. The summed E-state index contributed by atoms with van der Waals surface area (Å²) in [7, 11) is -4.67. The maximum absolute atomic E-state index is 13.1. The first kappa shape index (κ1) is 77.0. The maximum Gasteiger partial charge on any atom is 0.448 e. The maximum atomic E-state index is 13.1. The molecule has 4 amide bonds. The third kappa shape index (κ3) is 34.1. The van der Waals surface area contributed by atoms with Crippen LogP contribution in [0.2, 0.25) is 27.3 Å². The molecule has 0 saturated heterocycles. The minimum atomic E-state index is -1.17. The molecule has 0 aliphatic heterocycles. The number of aromatic nitrogens is 4. The molecule has 0 spiro atoms. The van der Waals surface area contributed by atoms with Gasteiger partial charge in [-0.2, -0.15) is 9.13 Å². The lowest BCUT2D eigenvalue weighted by Gasteiger charge is -2.08. The highest BCUT2D eigenvalue weighted by Crippen LogP contribution is 2.20. The lowest BCUT2D eigenvalue weighted by Crippen LogP contribution is -2.37. The van der Waals surface area contributed by atoms with Crippen molar-refractivity contribution in [2.24, 2.45) is 0 Å². The van der Waals surface area contributed by atoms with E-state index in [4.69, 9.17) is 40.2 Å². The summed E-state index contributed by atoms with van der Waals surface area (Å²) in [6, 6.07) is 53.1. The predicted octanol–water partition coefficient (Wildman–Crippen LogP) is 4.03. The average molecular weight is 1250 g/mol. The number of hydrogen-bond acceptors (Lipinski definition) is 12. The van der Waals surface area contributed by atoms with Crippen LogP contribution in [-0.2, 0) is 35.8 Å². The molecule has 0 unspecified atom stereocenters. The van der Waals surface area contributed by atoms with Crippen molar-refractivity contribution in [3.8, 4) is 22.3 Å². The van der Waals surface area contributed by atoms with Crippen LogP contribution in [0, 0.1) is 0 Å². The molecule has 0 saturated carbocycles. The fraction of sp³-hybridized carbons (Fsp3) is 0.235. The van der Waals surface area contributed by atoms with E-state index < -0.39 is 28.5 Å². The third-order valence-corrected chi connectivity index (χ3v) is 12.2. The summed E-state index contributed by atoms with van der Waals surface area (Å²) in [4.78, 5) is 49.5. The van der Waals surface area contributed by atoms with Gasteiger partial charge in [-0.25, -0.2) is 9.13 Å². The van der Waals surface area contributed by atoms with Gasteiger partial charge in [0.1, 0.15) is 11.1 Å². The minimum Gasteiger partial charge on any atom is -0.427 e. The van der Waals surface area contributed by atoms with Crippen molar-refractivity contribution in [1.82, 2.24) is 21.3 Å². The largest absolute Gasteiger partial charge is 0.448 e. The highest BCUT2D eigenvalue weighted by atomic mass is 16.4. The van der Waals surface area contributed by atoms with Crippen LogP contribution in [0.15, 0.2) is 232 Å². The lowest BCUT2D eigenvalue weighted by atomic mass is 9.99. The van der Waals surface area contributed by atoms with Crippen molar-refractivity contribution in [2.75, 3.05) is 26.2 Å². The van der Waals surface area contributed by atoms with Crippen LogP contribution < -0.4 is 39.5 Å². The summed E-state index contributed by atoms with van der Waals surface area (Å²) in [5.41, 5.74) is 10.9. The van der Waals surface area contributed by atoms with Crippen molar-refractivity contribution in [1.29, 1.82) is 0 Å². The Balaban J connectivity index is 0.000000389. The topological polar surface area (TPSA) is 294 Å². The van der Waals surface area contributed by atoms with Crippen LogP contribution in [0.4, 0.5) is 0 Å². The molecule has 12 N–H and O–H groups in total. The standard InChI is InChI=1S/2C32H32N4O2.4CH5BO2/c2*1-25(2)31(37)33-16-10-17-34-32(38)30-19-29(23-36(24-30)21-27-13-7-4-8-14-27)28-15-9-18-35(22-28)20-26-11-5-3-6-12-26;4*1-2(3)4/h2*3-9,11-15,18-19,22-24H,1,10,16-17,20-21H2,2H3;4*3-4H,1H3/p+4.